The number of hydrogen-bond donors (Lipinski definition) is 4. The maximum absolute atomic E-state index is 15.7. The predicted octanol–water partition coefficient (Wildman–Crippen LogP) is 3.93. The van der Waals surface area contributed by atoms with E-state index in [4.69, 9.17) is 0 Å². The van der Waals surface area contributed by atoms with Crippen LogP contribution in [0.5, 0.6) is 0 Å². The molecular weight excluding hydrogens is 842 g/mol. The van der Waals surface area contributed by atoms with Gasteiger partial charge in [-0.15, -0.1) is 0 Å². The van der Waals surface area contributed by atoms with E-state index in [1.807, 2.05) is 41.1 Å². The van der Waals surface area contributed by atoms with Gasteiger partial charge in [-0.2, -0.15) is 12.7 Å². The van der Waals surface area contributed by atoms with Gasteiger partial charge >= 0.3 is 10.2 Å². The van der Waals surface area contributed by atoms with Crippen molar-refractivity contribution in [1.82, 2.24) is 29.4 Å². The number of piperidine rings is 1. The fraction of sp³-hybridized carbons (Fsp3) is 0.341. The minimum Gasteiger partial charge on any atom is -0.391 e. The fourth-order valence-electron chi connectivity index (χ4n) is 8.88. The maximum atomic E-state index is 15.7. The number of aromatic nitrogens is 2. The number of rotatable bonds is 12. The van der Waals surface area contributed by atoms with Crippen molar-refractivity contribution >= 4 is 56.1 Å². The Balaban J connectivity index is 0.809. The molecule has 3 atom stereocenters. The van der Waals surface area contributed by atoms with Crippen LogP contribution in [-0.4, -0.2) is 125 Å². The van der Waals surface area contributed by atoms with E-state index >= 15 is 8.78 Å². The number of fused-ring (bicyclic) bond motifs is 2. The number of alkyl halides is 1. The lowest BCUT2D eigenvalue weighted by Gasteiger charge is -2.37. The minimum atomic E-state index is -4.37. The van der Waals surface area contributed by atoms with Gasteiger partial charge < -0.3 is 19.9 Å². The highest BCUT2D eigenvalue weighted by Gasteiger charge is 2.39. The number of β-amino-alcohol motifs (C(OH)–C–C–N with tert-alkyl or cyclic N) is 1. The zero-order valence-electron chi connectivity index (χ0n) is 33.8. The van der Waals surface area contributed by atoms with Crippen molar-refractivity contribution in [3.05, 3.63) is 113 Å². The van der Waals surface area contributed by atoms with Crippen LogP contribution in [0.4, 0.5) is 24.5 Å². The van der Waals surface area contributed by atoms with Crippen LogP contribution in [0, 0.1) is 11.6 Å². The number of carbonyl (C=O) groups is 4. The summed E-state index contributed by atoms with van der Waals surface area (Å²) in [6, 6.07) is 15.9. The molecule has 19 heteroatoms. The Kier molecular flexibility index (Phi) is 11.3. The first-order valence-electron chi connectivity index (χ1n) is 20.7. The fourth-order valence-corrected chi connectivity index (χ4v) is 10.1. The number of piperazine rings is 1. The summed E-state index contributed by atoms with van der Waals surface area (Å²) in [6.07, 6.45) is 1.78. The van der Waals surface area contributed by atoms with Crippen LogP contribution >= 0.6 is 0 Å². The second-order valence-corrected chi connectivity index (χ2v) is 18.0. The van der Waals surface area contributed by atoms with Gasteiger partial charge in [0.15, 0.2) is 5.82 Å². The van der Waals surface area contributed by atoms with Crippen LogP contribution in [0.3, 0.4) is 0 Å². The van der Waals surface area contributed by atoms with Gasteiger partial charge in [-0.1, -0.05) is 24.3 Å². The number of aliphatic hydroxyl groups is 1. The average Bonchev–Trinajstić information content (AvgIpc) is 3.99. The van der Waals surface area contributed by atoms with E-state index in [2.05, 4.69) is 25.1 Å². The number of carbonyl (C=O) groups excluding carboxylic acids is 4. The average molecular weight is 885 g/mol. The Labute approximate surface area is 360 Å². The molecule has 63 heavy (non-hydrogen) atoms. The summed E-state index contributed by atoms with van der Waals surface area (Å²) in [5, 5.41) is 13.7. The lowest BCUT2D eigenvalue weighted by atomic mass is 9.99. The molecule has 5 aromatic rings. The number of hydrogen-bond acceptors (Lipinski definition) is 10. The highest BCUT2D eigenvalue weighted by atomic mass is 32.2. The molecular formula is C44H43F3N8O7S. The van der Waals surface area contributed by atoms with Gasteiger partial charge in [0, 0.05) is 98.9 Å². The summed E-state index contributed by atoms with van der Waals surface area (Å²) in [4.78, 5) is 64.0. The number of halogens is 3. The van der Waals surface area contributed by atoms with Crippen LogP contribution < -0.4 is 14.9 Å². The van der Waals surface area contributed by atoms with Gasteiger partial charge in [0.05, 0.1) is 17.4 Å². The van der Waals surface area contributed by atoms with E-state index in [0.717, 1.165) is 65.0 Å². The number of H-pyrrole nitrogens is 1. The molecule has 4 aliphatic rings. The highest BCUT2D eigenvalue weighted by molar-refractivity contribution is 7.90. The summed E-state index contributed by atoms with van der Waals surface area (Å²) in [6.45, 7) is 3.12. The van der Waals surface area contributed by atoms with E-state index in [0.29, 0.717) is 41.5 Å². The van der Waals surface area contributed by atoms with E-state index in [1.54, 1.807) is 18.3 Å². The molecule has 0 aliphatic carbocycles. The third kappa shape index (κ3) is 8.40. The number of nitrogens with one attached hydrogen (secondary N) is 3. The Morgan fingerprint density at radius 1 is 0.952 bits per heavy atom. The molecule has 3 fully saturated rings. The van der Waals surface area contributed by atoms with Gasteiger partial charge in [-0.25, -0.2) is 18.2 Å². The van der Waals surface area contributed by atoms with Crippen LogP contribution in [0.1, 0.15) is 56.7 Å². The molecule has 0 spiro atoms. The zero-order chi connectivity index (χ0) is 44.2. The third-order valence-electron chi connectivity index (χ3n) is 12.2. The van der Waals surface area contributed by atoms with Crippen LogP contribution in [0.15, 0.2) is 73.1 Å². The van der Waals surface area contributed by atoms with Crippen molar-refractivity contribution in [2.45, 2.75) is 50.5 Å². The van der Waals surface area contributed by atoms with E-state index in [1.165, 1.54) is 11.1 Å². The molecule has 2 aromatic heterocycles. The minimum absolute atomic E-state index is 0.00612. The Bertz CT molecular complexity index is 2760. The second-order valence-electron chi connectivity index (χ2n) is 16.4. The molecule has 4 N–H and O–H groups in total. The van der Waals surface area contributed by atoms with Crippen molar-refractivity contribution in [2.75, 3.05) is 55.4 Å². The molecule has 0 bridgehead atoms. The van der Waals surface area contributed by atoms with Gasteiger partial charge in [0.25, 0.3) is 5.91 Å². The molecule has 0 unspecified atom stereocenters. The number of aromatic amines is 1. The predicted molar refractivity (Wildman–Crippen MR) is 226 cm³/mol. The first-order valence-corrected chi connectivity index (χ1v) is 22.1. The zero-order valence-corrected chi connectivity index (χ0v) is 34.6. The topological polar surface area (TPSA) is 188 Å². The van der Waals surface area contributed by atoms with Crippen molar-refractivity contribution in [3.8, 4) is 11.1 Å². The van der Waals surface area contributed by atoms with Crippen molar-refractivity contribution in [2.24, 2.45) is 0 Å². The van der Waals surface area contributed by atoms with Crippen molar-refractivity contribution in [3.63, 3.8) is 0 Å². The Morgan fingerprint density at radius 3 is 2.46 bits per heavy atom. The number of pyridine rings is 1. The number of nitrogens with zero attached hydrogens (tertiary/aromatic N) is 5. The molecule has 9 rings (SSSR count). The largest absolute Gasteiger partial charge is 0.391 e. The van der Waals surface area contributed by atoms with Crippen molar-refractivity contribution in [1.29, 1.82) is 0 Å². The number of amides is 3. The summed E-state index contributed by atoms with van der Waals surface area (Å²) >= 11 is 0. The molecule has 0 saturated carbocycles. The number of anilines is 2. The van der Waals surface area contributed by atoms with Gasteiger partial charge in [0.2, 0.25) is 17.6 Å². The normalized spacial score (nSPS) is 20.3. The van der Waals surface area contributed by atoms with Gasteiger partial charge in [-0.05, 0) is 72.4 Å². The molecule has 6 heterocycles. The maximum Gasteiger partial charge on any atom is 0.301 e. The molecule has 4 aliphatic heterocycles. The van der Waals surface area contributed by atoms with Crippen molar-refractivity contribution < 1.29 is 45.9 Å². The van der Waals surface area contributed by atoms with Crippen LogP contribution in [0.25, 0.3) is 22.2 Å². The van der Waals surface area contributed by atoms with Crippen LogP contribution in [0.2, 0.25) is 0 Å². The third-order valence-corrected chi connectivity index (χ3v) is 13.7. The first kappa shape index (κ1) is 42.2. The molecule has 0 radical (unpaired) electrons. The van der Waals surface area contributed by atoms with E-state index < -0.39 is 69.6 Å². The number of imide groups is 1. The second kappa shape index (κ2) is 16.9. The molecule has 3 saturated heterocycles. The smallest absolute Gasteiger partial charge is 0.301 e. The number of aliphatic hydroxyl groups excluding tert-OH is 1. The SMILES string of the molecule is O=C1CC[C@H](N2Cc3cc(C[C@H](O)CN4CCN(c5ccc(-c6cnc7[nH]cc(C(=O)c8c(F)ccc(NS(=O)(=O)N9CC[C@@H](F)C9)c8F)c7c6)cc5)CC4)ccc3C2=O)C(=O)N1. The molecule has 3 amide bonds. The van der Waals surface area contributed by atoms with E-state index in [-0.39, 0.29) is 43.3 Å². The number of ketones is 1. The molecule has 328 valence electrons. The summed E-state index contributed by atoms with van der Waals surface area (Å²) < 4.78 is 73.0. The monoisotopic (exact) mass is 884 g/mol. The Hall–Kier alpha value is -6.15. The highest BCUT2D eigenvalue weighted by Crippen LogP contribution is 2.32. The lowest BCUT2D eigenvalue weighted by molar-refractivity contribution is -0.136. The van der Waals surface area contributed by atoms with Gasteiger partial charge in [0.1, 0.15) is 23.7 Å². The van der Waals surface area contributed by atoms with E-state index in [9.17, 15) is 37.1 Å². The quantitative estimate of drug-likeness (QED) is 0.106. The van der Waals surface area contributed by atoms with Gasteiger partial charge in [-0.3, -0.25) is 34.1 Å². The summed E-state index contributed by atoms with van der Waals surface area (Å²) in [7, 11) is -4.37. The lowest BCUT2D eigenvalue weighted by Crippen LogP contribution is -2.52. The summed E-state index contributed by atoms with van der Waals surface area (Å²) in [5.74, 6) is -4.64. The van der Waals surface area contributed by atoms with Crippen LogP contribution in [-0.2, 0) is 32.8 Å². The summed E-state index contributed by atoms with van der Waals surface area (Å²) in [5.41, 5.74) is 3.25. The first-order chi connectivity index (χ1) is 30.2. The molecule has 15 nitrogen and oxygen atoms in total. The number of benzene rings is 3. The standard InChI is InChI=1S/C44H43F3N8O7S/c45-29-11-12-54(23-29)63(61,62)51-36-8-7-35(46)39(40(36)47)41(58)34-21-49-42-33(34)19-27(20-48-42)26-2-4-30(5-3-26)53-15-13-52(14-16-53)24-31(56)18-25-1-6-32-28(17-25)22-55(44(32)60)37-9-10-38(57)50-43(37)59/h1-8,17,19-21,29,31,37,51,56H,9-16,18,22-24H2,(H,48,49)(H,50,57,59)/t29-,31+,37+/m1/s1. The Morgan fingerprint density at radius 2 is 1.73 bits per heavy atom. The molecule has 3 aromatic carbocycles.